The van der Waals surface area contributed by atoms with E-state index in [9.17, 15) is 61.0 Å². The van der Waals surface area contributed by atoms with Crippen LogP contribution in [0.2, 0.25) is 0 Å². The molecule has 12 N–H and O–H groups in total. The number of ether oxygens (including phenoxy) is 6. The second-order valence-electron chi connectivity index (χ2n) is 30.3. The molecule has 0 bridgehead atoms. The minimum atomic E-state index is -1.97. The van der Waals surface area contributed by atoms with E-state index in [0.717, 1.165) is 44.9 Å². The van der Waals surface area contributed by atoms with Crippen LogP contribution in [0.5, 0.6) is 0 Å². The van der Waals surface area contributed by atoms with Crippen LogP contribution in [0.1, 0.15) is 367 Å². The Labute approximate surface area is 607 Å². The van der Waals surface area contributed by atoms with Crippen LogP contribution in [0, 0.1) is 0 Å². The molecule has 3 aliphatic rings. The molecular weight excluding hydrogens is 1270 g/mol. The summed E-state index contributed by atoms with van der Waals surface area (Å²) in [5.74, 6) is -0.235. The molecule has 0 radical (unpaired) electrons. The van der Waals surface area contributed by atoms with Crippen molar-refractivity contribution >= 4 is 5.91 Å². The molecule has 1 amide bonds. The van der Waals surface area contributed by atoms with Crippen molar-refractivity contribution in [2.75, 3.05) is 26.4 Å². The van der Waals surface area contributed by atoms with Crippen molar-refractivity contribution in [3.63, 3.8) is 0 Å². The zero-order chi connectivity index (χ0) is 72.5. The molecule has 3 rings (SSSR count). The van der Waals surface area contributed by atoms with E-state index in [1.165, 1.54) is 289 Å². The molecule has 100 heavy (non-hydrogen) atoms. The SMILES string of the molecule is CCCCCCCCCC/C=C\CCCCCCCCCCCCCCCC(=O)NC(COC1OC(CO)C(OC2OC(CO)C(OC3OC(CO)C(O)C(O)C3O)C(O)C2O)C(O)C1O)C(O)CCCCCCCCCCCCCCCCCCCCCCCCCCCCCCCC. The maximum absolute atomic E-state index is 13.5. The highest BCUT2D eigenvalue weighted by Crippen LogP contribution is 2.33. The van der Waals surface area contributed by atoms with Crippen LogP contribution in [-0.4, -0.2) is 193 Å². The summed E-state index contributed by atoms with van der Waals surface area (Å²) in [4.78, 5) is 13.5. The van der Waals surface area contributed by atoms with Gasteiger partial charge in [-0.3, -0.25) is 4.79 Å². The summed E-state index contributed by atoms with van der Waals surface area (Å²) in [6, 6.07) is -0.886. The van der Waals surface area contributed by atoms with Crippen molar-refractivity contribution in [2.24, 2.45) is 0 Å². The molecule has 3 saturated heterocycles. The average molecular weight is 1430 g/mol. The van der Waals surface area contributed by atoms with E-state index < -0.39 is 124 Å². The fraction of sp³-hybridized carbons (Fsp3) is 0.963. The number of aliphatic hydroxyl groups excluding tert-OH is 11. The third-order valence-electron chi connectivity index (χ3n) is 21.3. The topological polar surface area (TPSA) is 307 Å². The number of nitrogens with one attached hydrogen (secondary N) is 1. The zero-order valence-electron chi connectivity index (χ0n) is 63.5. The van der Waals surface area contributed by atoms with E-state index in [1.807, 2.05) is 0 Å². The van der Waals surface area contributed by atoms with Gasteiger partial charge in [0, 0.05) is 6.42 Å². The van der Waals surface area contributed by atoms with Gasteiger partial charge in [0.25, 0.3) is 0 Å². The van der Waals surface area contributed by atoms with Crippen molar-refractivity contribution in [1.29, 1.82) is 0 Å². The summed E-state index contributed by atoms with van der Waals surface area (Å²) >= 11 is 0. The van der Waals surface area contributed by atoms with Crippen LogP contribution in [0.3, 0.4) is 0 Å². The first-order chi connectivity index (χ1) is 48.8. The number of unbranched alkanes of at least 4 members (excludes halogenated alkanes) is 50. The number of carbonyl (C=O) groups is 1. The molecule has 17 unspecified atom stereocenters. The maximum atomic E-state index is 13.5. The van der Waals surface area contributed by atoms with Gasteiger partial charge in [-0.05, 0) is 38.5 Å². The molecule has 3 fully saturated rings. The normalized spacial score (nSPS) is 26.4. The number of hydrogen-bond donors (Lipinski definition) is 12. The van der Waals surface area contributed by atoms with Gasteiger partial charge >= 0.3 is 0 Å². The number of rotatable bonds is 68. The van der Waals surface area contributed by atoms with Gasteiger partial charge < -0.3 is 89.9 Å². The lowest BCUT2D eigenvalue weighted by molar-refractivity contribution is -0.379. The second kappa shape index (κ2) is 62.6. The Hall–Kier alpha value is -1.47. The highest BCUT2D eigenvalue weighted by molar-refractivity contribution is 5.76. The highest BCUT2D eigenvalue weighted by atomic mass is 16.8. The number of amides is 1. The zero-order valence-corrected chi connectivity index (χ0v) is 63.5. The lowest BCUT2D eigenvalue weighted by Gasteiger charge is -2.48. The monoisotopic (exact) mass is 1430 g/mol. The van der Waals surface area contributed by atoms with Crippen LogP contribution in [0.25, 0.3) is 0 Å². The first kappa shape index (κ1) is 92.7. The van der Waals surface area contributed by atoms with E-state index in [1.54, 1.807) is 0 Å². The first-order valence-electron chi connectivity index (χ1n) is 41.9. The Balaban J connectivity index is 1.35. The van der Waals surface area contributed by atoms with Gasteiger partial charge in [0.15, 0.2) is 18.9 Å². The lowest BCUT2D eigenvalue weighted by atomic mass is 9.96. The Kier molecular flexibility index (Phi) is 58.0. The molecule has 0 spiro atoms. The van der Waals surface area contributed by atoms with Gasteiger partial charge in [-0.1, -0.05) is 334 Å². The molecule has 592 valence electrons. The molecule has 0 aromatic carbocycles. The molecule has 3 aliphatic heterocycles. The summed E-state index contributed by atoms with van der Waals surface area (Å²) < 4.78 is 34.6. The number of carbonyl (C=O) groups excluding carboxylic acids is 1. The second-order valence-corrected chi connectivity index (χ2v) is 30.3. The number of hydrogen-bond acceptors (Lipinski definition) is 18. The van der Waals surface area contributed by atoms with Crippen molar-refractivity contribution in [1.82, 2.24) is 5.32 Å². The quantitative estimate of drug-likeness (QED) is 0.0199. The van der Waals surface area contributed by atoms with Crippen molar-refractivity contribution in [2.45, 2.75) is 471 Å². The molecule has 3 heterocycles. The Morgan fingerprint density at radius 2 is 0.630 bits per heavy atom. The van der Waals surface area contributed by atoms with E-state index in [-0.39, 0.29) is 18.9 Å². The first-order valence-corrected chi connectivity index (χ1v) is 41.9. The Bertz CT molecular complexity index is 1850. The van der Waals surface area contributed by atoms with E-state index in [4.69, 9.17) is 28.4 Å². The van der Waals surface area contributed by atoms with Crippen LogP contribution in [0.15, 0.2) is 12.2 Å². The lowest BCUT2D eigenvalue weighted by Crippen LogP contribution is -2.66. The molecule has 0 saturated carbocycles. The molecule has 0 aliphatic carbocycles. The summed E-state index contributed by atoms with van der Waals surface area (Å²) in [5.41, 5.74) is 0. The van der Waals surface area contributed by atoms with Gasteiger partial charge in [0.05, 0.1) is 38.6 Å². The van der Waals surface area contributed by atoms with Gasteiger partial charge in [-0.25, -0.2) is 0 Å². The van der Waals surface area contributed by atoms with Crippen LogP contribution in [-0.2, 0) is 33.2 Å². The number of allylic oxidation sites excluding steroid dienone is 2. The van der Waals surface area contributed by atoms with Crippen molar-refractivity contribution in [3.8, 4) is 0 Å². The maximum Gasteiger partial charge on any atom is 0.220 e. The van der Waals surface area contributed by atoms with Gasteiger partial charge in [0.1, 0.15) is 73.2 Å². The third kappa shape index (κ3) is 42.2. The predicted molar refractivity (Wildman–Crippen MR) is 397 cm³/mol. The number of aliphatic hydroxyl groups is 11. The smallest absolute Gasteiger partial charge is 0.220 e. The summed E-state index contributed by atoms with van der Waals surface area (Å²) in [7, 11) is 0. The van der Waals surface area contributed by atoms with Gasteiger partial charge in [-0.15, -0.1) is 0 Å². The molecule has 0 aromatic heterocycles. The molecule has 19 heteroatoms. The van der Waals surface area contributed by atoms with Gasteiger partial charge in [-0.2, -0.15) is 0 Å². The fourth-order valence-electron chi connectivity index (χ4n) is 14.6. The van der Waals surface area contributed by atoms with Crippen LogP contribution in [0.4, 0.5) is 0 Å². The average Bonchev–Trinajstić information content (AvgIpc) is 0.783. The predicted octanol–water partition coefficient (Wildman–Crippen LogP) is 14.3. The molecule has 0 aromatic rings. The van der Waals surface area contributed by atoms with E-state index in [2.05, 4.69) is 31.3 Å². The Morgan fingerprint density at radius 1 is 0.350 bits per heavy atom. The fourth-order valence-corrected chi connectivity index (χ4v) is 14.6. The minimum Gasteiger partial charge on any atom is -0.394 e. The third-order valence-corrected chi connectivity index (χ3v) is 21.3. The van der Waals surface area contributed by atoms with Gasteiger partial charge in [0.2, 0.25) is 5.91 Å². The highest BCUT2D eigenvalue weighted by Gasteiger charge is 2.54. The van der Waals surface area contributed by atoms with Crippen molar-refractivity contribution < 1.29 is 89.4 Å². The van der Waals surface area contributed by atoms with Crippen molar-refractivity contribution in [3.05, 3.63) is 12.2 Å². The minimum absolute atomic E-state index is 0.235. The summed E-state index contributed by atoms with van der Waals surface area (Å²) in [5, 5.41) is 121. The van der Waals surface area contributed by atoms with E-state index in [0.29, 0.717) is 12.8 Å². The standard InChI is InChI=1S/C81H155NO18/c1-3-5-7-9-11-13-15-17-19-21-23-25-27-29-30-31-32-33-35-36-38-40-42-44-46-48-50-52-54-56-58-65(86)64(82-69(87)59-57-55-53-51-49-47-45-43-41-39-37-34-28-26-24-22-20-18-16-14-12-10-8-6-4-2)63-95-79-75(93)72(90)77(67(61-84)97-79)100-81-76(94)73(91)78(68(62-85)98-81)99-80-74(92)71(89)70(88)66(60-83)96-80/h22,24,64-68,70-81,83-86,88-94H,3-21,23,25-63H2,1-2H3,(H,82,87)/b24-22-. The summed E-state index contributed by atoms with van der Waals surface area (Å²) in [6.45, 7) is 1.87. The molecular formula is C81H155NO18. The molecule has 19 nitrogen and oxygen atoms in total. The largest absolute Gasteiger partial charge is 0.394 e. The van der Waals surface area contributed by atoms with E-state index >= 15 is 0 Å². The Morgan fingerprint density at radius 3 is 0.970 bits per heavy atom. The van der Waals surface area contributed by atoms with Crippen LogP contribution < -0.4 is 5.32 Å². The summed E-state index contributed by atoms with van der Waals surface area (Å²) in [6.07, 6.45) is 47.3. The van der Waals surface area contributed by atoms with Crippen LogP contribution >= 0.6 is 0 Å². The molecule has 17 atom stereocenters.